The zero-order chi connectivity index (χ0) is 21.8. The molecule has 1 atom stereocenters. The zero-order valence-corrected chi connectivity index (χ0v) is 16.4. The van der Waals surface area contributed by atoms with Gasteiger partial charge in [-0.1, -0.05) is 42.5 Å². The molecule has 154 valence electrons. The molecule has 1 N–H and O–H groups in total. The molecule has 0 saturated carbocycles. The van der Waals surface area contributed by atoms with Gasteiger partial charge in [-0.25, -0.2) is 13.5 Å². The van der Waals surface area contributed by atoms with Crippen molar-refractivity contribution in [1.82, 2.24) is 15.1 Å². The summed E-state index contributed by atoms with van der Waals surface area (Å²) in [6.07, 6.45) is 0.0105. The molecule has 4 rings (SSSR count). The molecule has 5 nitrogen and oxygen atoms in total. The predicted octanol–water partition coefficient (Wildman–Crippen LogP) is 5.00. The Balaban J connectivity index is 1.70. The van der Waals surface area contributed by atoms with Crippen LogP contribution >= 0.6 is 0 Å². The molecule has 0 fully saturated rings. The summed E-state index contributed by atoms with van der Waals surface area (Å²) in [5.41, 5.74) is 2.46. The fraction of sp³-hybridized carbons (Fsp3) is 0.125. The monoisotopic (exact) mass is 416 g/mol. The summed E-state index contributed by atoms with van der Waals surface area (Å²) in [6.45, 7) is 0.274. The van der Waals surface area contributed by atoms with E-state index in [1.54, 1.807) is 42.6 Å². The van der Waals surface area contributed by atoms with E-state index < -0.39 is 12.1 Å². The standard InChI is InChI=1S/C24H18F2N4O/c25-21-10-2-1-8-19(21)23(26)30-15-20-18(9-4-11-22(20)29-30)16-6-3-7-17(14-16)24(31)28-13-5-12-27/h1-4,6-11,14-15,23H,5,13H2,(H,28,31). The fourth-order valence-electron chi connectivity index (χ4n) is 3.40. The number of fused-ring (bicyclic) bond motifs is 1. The molecule has 31 heavy (non-hydrogen) atoms. The number of carbonyl (C=O) groups excluding carboxylic acids is 1. The van der Waals surface area contributed by atoms with Gasteiger partial charge in [0.15, 0.2) is 0 Å². The molecule has 0 aliphatic carbocycles. The Morgan fingerprint density at radius 3 is 2.74 bits per heavy atom. The van der Waals surface area contributed by atoms with Gasteiger partial charge in [0.05, 0.1) is 18.0 Å². The van der Waals surface area contributed by atoms with Crippen molar-refractivity contribution < 1.29 is 13.6 Å². The van der Waals surface area contributed by atoms with Gasteiger partial charge in [0.25, 0.3) is 5.91 Å². The molecule has 0 saturated heterocycles. The lowest BCUT2D eigenvalue weighted by atomic mass is 10.00. The first-order chi connectivity index (χ1) is 15.1. The molecule has 1 unspecified atom stereocenters. The lowest BCUT2D eigenvalue weighted by molar-refractivity contribution is 0.0954. The highest BCUT2D eigenvalue weighted by Gasteiger charge is 2.19. The minimum absolute atomic E-state index is 0.0899. The maximum Gasteiger partial charge on any atom is 0.251 e. The first-order valence-corrected chi connectivity index (χ1v) is 9.70. The third-order valence-electron chi connectivity index (χ3n) is 4.92. The van der Waals surface area contributed by atoms with Crippen LogP contribution < -0.4 is 5.32 Å². The fourth-order valence-corrected chi connectivity index (χ4v) is 3.40. The van der Waals surface area contributed by atoms with Gasteiger partial charge >= 0.3 is 0 Å². The molecule has 1 aromatic heterocycles. The van der Waals surface area contributed by atoms with E-state index in [4.69, 9.17) is 5.26 Å². The lowest BCUT2D eigenvalue weighted by Gasteiger charge is -2.09. The number of amides is 1. The summed E-state index contributed by atoms with van der Waals surface area (Å²) in [5, 5.41) is 16.3. The molecule has 4 aromatic rings. The van der Waals surface area contributed by atoms with Gasteiger partial charge in [-0.3, -0.25) is 4.79 Å². The molecule has 1 heterocycles. The van der Waals surface area contributed by atoms with Crippen molar-refractivity contribution in [2.75, 3.05) is 6.54 Å². The Morgan fingerprint density at radius 1 is 1.13 bits per heavy atom. The van der Waals surface area contributed by atoms with Gasteiger partial charge in [-0.05, 0) is 35.4 Å². The Bertz CT molecular complexity index is 1290. The van der Waals surface area contributed by atoms with Crippen molar-refractivity contribution in [3.05, 3.63) is 89.9 Å². The van der Waals surface area contributed by atoms with Gasteiger partial charge in [-0.2, -0.15) is 10.4 Å². The quantitative estimate of drug-likeness (QED) is 0.450. The van der Waals surface area contributed by atoms with E-state index in [1.165, 1.54) is 18.2 Å². The van der Waals surface area contributed by atoms with E-state index in [0.29, 0.717) is 16.5 Å². The third-order valence-corrected chi connectivity index (χ3v) is 4.92. The molecular formula is C24H18F2N4O. The molecule has 0 aliphatic rings. The van der Waals surface area contributed by atoms with Crippen LogP contribution in [0.4, 0.5) is 8.78 Å². The normalized spacial score (nSPS) is 11.8. The first-order valence-electron chi connectivity index (χ1n) is 9.70. The van der Waals surface area contributed by atoms with Crippen molar-refractivity contribution >= 4 is 16.8 Å². The summed E-state index contributed by atoms with van der Waals surface area (Å²) in [7, 11) is 0. The van der Waals surface area contributed by atoms with Crippen molar-refractivity contribution in [1.29, 1.82) is 5.26 Å². The highest BCUT2D eigenvalue weighted by Crippen LogP contribution is 2.31. The number of alkyl halides is 1. The number of halogens is 2. The van der Waals surface area contributed by atoms with Crippen molar-refractivity contribution in [2.24, 2.45) is 0 Å². The van der Waals surface area contributed by atoms with Crippen LogP contribution in [-0.4, -0.2) is 22.2 Å². The average Bonchev–Trinajstić information content (AvgIpc) is 3.23. The zero-order valence-electron chi connectivity index (χ0n) is 16.4. The van der Waals surface area contributed by atoms with E-state index in [2.05, 4.69) is 10.4 Å². The minimum atomic E-state index is -1.77. The Labute approximate surface area is 177 Å². The third kappa shape index (κ3) is 4.14. The van der Waals surface area contributed by atoms with Gasteiger partial charge in [-0.15, -0.1) is 0 Å². The summed E-state index contributed by atoms with van der Waals surface area (Å²) in [5.74, 6) is -0.909. The van der Waals surface area contributed by atoms with Crippen molar-refractivity contribution in [3.8, 4) is 17.2 Å². The summed E-state index contributed by atoms with van der Waals surface area (Å²) < 4.78 is 30.1. The van der Waals surface area contributed by atoms with Gasteiger partial charge in [0, 0.05) is 29.3 Å². The molecule has 0 radical (unpaired) electrons. The largest absolute Gasteiger partial charge is 0.351 e. The SMILES string of the molecule is N#CCCNC(=O)c1cccc(-c2cccc3nn(C(F)c4ccccc4F)cc23)c1. The number of benzene rings is 3. The van der Waals surface area contributed by atoms with Gasteiger partial charge < -0.3 is 5.32 Å². The second-order valence-electron chi connectivity index (χ2n) is 6.95. The Kier molecular flexibility index (Phi) is 5.72. The molecule has 3 aromatic carbocycles. The van der Waals surface area contributed by atoms with E-state index in [1.807, 2.05) is 18.2 Å². The lowest BCUT2D eigenvalue weighted by Crippen LogP contribution is -2.24. The number of carbonyl (C=O) groups is 1. The van der Waals surface area contributed by atoms with Crippen LogP contribution in [-0.2, 0) is 0 Å². The number of nitrogens with one attached hydrogen (secondary N) is 1. The van der Waals surface area contributed by atoms with Crippen LogP contribution in [0.25, 0.3) is 22.0 Å². The van der Waals surface area contributed by atoms with Gasteiger partial charge in [0.1, 0.15) is 5.82 Å². The molecule has 0 aliphatic heterocycles. The smallest absolute Gasteiger partial charge is 0.251 e. The average molecular weight is 416 g/mol. The number of rotatable bonds is 6. The molecule has 7 heteroatoms. The van der Waals surface area contributed by atoms with E-state index in [0.717, 1.165) is 15.8 Å². The maximum absolute atomic E-state index is 15.0. The topological polar surface area (TPSA) is 70.7 Å². The molecule has 1 amide bonds. The number of nitrogens with zero attached hydrogens (tertiary/aromatic N) is 3. The summed E-state index contributed by atoms with van der Waals surface area (Å²) in [6, 6.07) is 20.1. The number of nitriles is 1. The molecule has 0 spiro atoms. The Morgan fingerprint density at radius 2 is 1.94 bits per heavy atom. The van der Waals surface area contributed by atoms with Crippen LogP contribution in [0.15, 0.2) is 72.9 Å². The van der Waals surface area contributed by atoms with E-state index >= 15 is 4.39 Å². The first kappa shape index (κ1) is 20.2. The highest BCUT2D eigenvalue weighted by atomic mass is 19.1. The van der Waals surface area contributed by atoms with Crippen LogP contribution in [0.1, 0.15) is 28.6 Å². The van der Waals surface area contributed by atoms with E-state index in [-0.39, 0.29) is 24.4 Å². The number of aromatic nitrogens is 2. The highest BCUT2D eigenvalue weighted by molar-refractivity contribution is 5.98. The van der Waals surface area contributed by atoms with Crippen molar-refractivity contribution in [2.45, 2.75) is 12.7 Å². The van der Waals surface area contributed by atoms with Gasteiger partial charge in [0.2, 0.25) is 6.30 Å². The van der Waals surface area contributed by atoms with Crippen LogP contribution in [0.2, 0.25) is 0 Å². The molecular weight excluding hydrogens is 398 g/mol. The Hall–Kier alpha value is -4.05. The van der Waals surface area contributed by atoms with Crippen molar-refractivity contribution in [3.63, 3.8) is 0 Å². The summed E-state index contributed by atoms with van der Waals surface area (Å²) in [4.78, 5) is 12.3. The minimum Gasteiger partial charge on any atom is -0.351 e. The second kappa shape index (κ2) is 8.76. The number of hydrogen-bond acceptors (Lipinski definition) is 3. The molecule has 0 bridgehead atoms. The van der Waals surface area contributed by atoms with Crippen LogP contribution in [0.3, 0.4) is 0 Å². The predicted molar refractivity (Wildman–Crippen MR) is 113 cm³/mol. The van der Waals surface area contributed by atoms with Crippen LogP contribution in [0, 0.1) is 17.1 Å². The maximum atomic E-state index is 15.0. The number of hydrogen-bond donors (Lipinski definition) is 1. The second-order valence-corrected chi connectivity index (χ2v) is 6.95. The summed E-state index contributed by atoms with van der Waals surface area (Å²) >= 11 is 0. The van der Waals surface area contributed by atoms with Crippen LogP contribution in [0.5, 0.6) is 0 Å². The van der Waals surface area contributed by atoms with E-state index in [9.17, 15) is 9.18 Å².